The normalized spacial score (nSPS) is 19.3. The summed E-state index contributed by atoms with van der Waals surface area (Å²) in [5.41, 5.74) is 0.708. The number of alkyl halides is 1. The third-order valence-corrected chi connectivity index (χ3v) is 4.04. The summed E-state index contributed by atoms with van der Waals surface area (Å²) in [5.74, 6) is -2.48. The Balaban J connectivity index is 2.21. The monoisotopic (exact) mass is 348 g/mol. The molecule has 1 saturated heterocycles. The predicted molar refractivity (Wildman–Crippen MR) is 74.5 cm³/mol. The van der Waals surface area contributed by atoms with Gasteiger partial charge < -0.3 is 14.6 Å². The average molecular weight is 350 g/mol. The van der Waals surface area contributed by atoms with E-state index in [0.717, 1.165) is 4.47 Å². The van der Waals surface area contributed by atoms with Crippen LogP contribution in [-0.4, -0.2) is 36.0 Å². The van der Waals surface area contributed by atoms with Gasteiger partial charge in [-0.15, -0.1) is 11.6 Å². The molecule has 1 atom stereocenters. The first-order valence-corrected chi connectivity index (χ1v) is 7.21. The maximum atomic E-state index is 11.5. The molecule has 1 N–H and O–H groups in total. The summed E-state index contributed by atoms with van der Waals surface area (Å²) >= 11 is 9.20. The van der Waals surface area contributed by atoms with Crippen molar-refractivity contribution in [3.8, 4) is 0 Å². The van der Waals surface area contributed by atoms with Gasteiger partial charge in [0.05, 0.1) is 25.0 Å². The summed E-state index contributed by atoms with van der Waals surface area (Å²) in [6, 6.07) is 7.18. The van der Waals surface area contributed by atoms with Gasteiger partial charge in [0.2, 0.25) is 0 Å². The first-order valence-electron chi connectivity index (χ1n) is 5.88. The molecule has 1 aliphatic rings. The van der Waals surface area contributed by atoms with Crippen LogP contribution in [0.5, 0.6) is 0 Å². The van der Waals surface area contributed by atoms with Crippen LogP contribution in [0, 0.1) is 0 Å². The second-order valence-electron chi connectivity index (χ2n) is 4.39. The lowest BCUT2D eigenvalue weighted by Gasteiger charge is -2.28. The zero-order valence-corrected chi connectivity index (χ0v) is 12.5. The highest BCUT2D eigenvalue weighted by Crippen LogP contribution is 2.34. The quantitative estimate of drug-likeness (QED) is 0.830. The lowest BCUT2D eigenvalue weighted by atomic mass is 9.92. The van der Waals surface area contributed by atoms with Crippen molar-refractivity contribution < 1.29 is 19.4 Å². The fourth-order valence-corrected chi connectivity index (χ4v) is 2.63. The molecule has 1 aliphatic heterocycles. The molecule has 0 aromatic heterocycles. The minimum absolute atomic E-state index is 0.118. The van der Waals surface area contributed by atoms with Crippen molar-refractivity contribution in [1.82, 2.24) is 0 Å². The molecule has 0 amide bonds. The minimum Gasteiger partial charge on any atom is -0.481 e. The summed E-state index contributed by atoms with van der Waals surface area (Å²) in [5, 5.41) is 9.40. The third kappa shape index (κ3) is 3.48. The van der Waals surface area contributed by atoms with Crippen LogP contribution in [-0.2, 0) is 14.3 Å². The number of halogens is 2. The van der Waals surface area contributed by atoms with Crippen molar-refractivity contribution in [2.75, 3.05) is 19.1 Å². The van der Waals surface area contributed by atoms with E-state index in [0.29, 0.717) is 18.8 Å². The highest BCUT2D eigenvalue weighted by atomic mass is 79.9. The van der Waals surface area contributed by atoms with Gasteiger partial charge in [-0.1, -0.05) is 28.1 Å². The zero-order chi connectivity index (χ0) is 13.9. The van der Waals surface area contributed by atoms with Crippen LogP contribution in [0.1, 0.15) is 17.9 Å². The molecule has 0 spiro atoms. The number of carboxylic acids is 1. The van der Waals surface area contributed by atoms with Crippen LogP contribution in [0.3, 0.4) is 0 Å². The highest BCUT2D eigenvalue weighted by molar-refractivity contribution is 9.10. The van der Waals surface area contributed by atoms with Gasteiger partial charge in [-0.3, -0.25) is 4.79 Å². The molecule has 0 radical (unpaired) electrons. The van der Waals surface area contributed by atoms with Gasteiger partial charge in [0.1, 0.15) is 0 Å². The van der Waals surface area contributed by atoms with E-state index in [1.807, 2.05) is 12.1 Å². The Morgan fingerprint density at radius 2 is 1.95 bits per heavy atom. The molecular formula is C13H14BrClO4. The first kappa shape index (κ1) is 14.8. The lowest BCUT2D eigenvalue weighted by Crippen LogP contribution is -2.36. The van der Waals surface area contributed by atoms with Crippen LogP contribution in [0.25, 0.3) is 0 Å². The summed E-state index contributed by atoms with van der Waals surface area (Å²) < 4.78 is 11.9. The fourth-order valence-electron chi connectivity index (χ4n) is 2.10. The number of rotatable bonds is 5. The molecule has 1 aromatic carbocycles. The maximum absolute atomic E-state index is 11.5. The van der Waals surface area contributed by atoms with Gasteiger partial charge in [0.15, 0.2) is 5.79 Å². The molecule has 1 aromatic rings. The van der Waals surface area contributed by atoms with Crippen LogP contribution >= 0.6 is 27.5 Å². The standard InChI is InChI=1S/C13H14BrClO4/c14-10-3-1-9(2-4-10)11(12(16)17)7-13(8-15)18-5-6-19-13/h1-4,11H,5-8H2,(H,16,17). The molecule has 0 saturated carbocycles. The molecule has 104 valence electrons. The second kappa shape index (κ2) is 6.22. The third-order valence-electron chi connectivity index (χ3n) is 3.10. The Labute approximate surface area is 124 Å². The van der Waals surface area contributed by atoms with E-state index >= 15 is 0 Å². The van der Waals surface area contributed by atoms with E-state index in [-0.39, 0.29) is 12.3 Å². The number of carboxylic acid groups (broad SMARTS) is 1. The molecule has 19 heavy (non-hydrogen) atoms. The first-order chi connectivity index (χ1) is 9.06. The highest BCUT2D eigenvalue weighted by Gasteiger charge is 2.40. The second-order valence-corrected chi connectivity index (χ2v) is 5.57. The number of hydrogen-bond donors (Lipinski definition) is 1. The molecule has 1 unspecified atom stereocenters. The van der Waals surface area contributed by atoms with Crippen LogP contribution in [0.2, 0.25) is 0 Å². The molecule has 1 fully saturated rings. The van der Waals surface area contributed by atoms with Crippen LogP contribution < -0.4 is 0 Å². The topological polar surface area (TPSA) is 55.8 Å². The number of hydrogen-bond acceptors (Lipinski definition) is 3. The van der Waals surface area contributed by atoms with Crippen molar-refractivity contribution in [3.05, 3.63) is 34.3 Å². The van der Waals surface area contributed by atoms with Gasteiger partial charge >= 0.3 is 5.97 Å². The van der Waals surface area contributed by atoms with E-state index < -0.39 is 17.7 Å². The smallest absolute Gasteiger partial charge is 0.311 e. The molecular weight excluding hydrogens is 335 g/mol. The minimum atomic E-state index is -0.988. The Kier molecular flexibility index (Phi) is 4.84. The van der Waals surface area contributed by atoms with Crippen molar-refractivity contribution in [1.29, 1.82) is 0 Å². The van der Waals surface area contributed by atoms with Crippen LogP contribution in [0.4, 0.5) is 0 Å². The number of ether oxygens (including phenoxy) is 2. The number of aliphatic carboxylic acids is 1. The summed E-state index contributed by atoms with van der Waals surface area (Å²) in [6.45, 7) is 0.888. The van der Waals surface area contributed by atoms with Gasteiger partial charge in [-0.05, 0) is 17.7 Å². The summed E-state index contributed by atoms with van der Waals surface area (Å²) in [6.07, 6.45) is 0.202. The summed E-state index contributed by atoms with van der Waals surface area (Å²) in [4.78, 5) is 11.5. The molecule has 0 aliphatic carbocycles. The van der Waals surface area contributed by atoms with E-state index in [1.165, 1.54) is 0 Å². The largest absolute Gasteiger partial charge is 0.481 e. The van der Waals surface area contributed by atoms with E-state index in [9.17, 15) is 9.90 Å². The zero-order valence-electron chi connectivity index (χ0n) is 10.1. The summed E-state index contributed by atoms with van der Waals surface area (Å²) in [7, 11) is 0. The molecule has 2 rings (SSSR count). The average Bonchev–Trinajstić information content (AvgIpc) is 2.86. The van der Waals surface area contributed by atoms with Crippen molar-refractivity contribution in [3.63, 3.8) is 0 Å². The van der Waals surface area contributed by atoms with Gasteiger partial charge in [0.25, 0.3) is 0 Å². The van der Waals surface area contributed by atoms with Gasteiger partial charge in [0, 0.05) is 10.9 Å². The molecule has 1 heterocycles. The van der Waals surface area contributed by atoms with E-state index in [2.05, 4.69) is 15.9 Å². The Morgan fingerprint density at radius 1 is 1.37 bits per heavy atom. The van der Waals surface area contributed by atoms with E-state index in [4.69, 9.17) is 21.1 Å². The van der Waals surface area contributed by atoms with Gasteiger partial charge in [-0.25, -0.2) is 0 Å². The lowest BCUT2D eigenvalue weighted by molar-refractivity contribution is -0.160. The van der Waals surface area contributed by atoms with Gasteiger partial charge in [-0.2, -0.15) is 0 Å². The Morgan fingerprint density at radius 3 is 2.42 bits per heavy atom. The molecule has 6 heteroatoms. The number of carbonyl (C=O) groups is 1. The van der Waals surface area contributed by atoms with Crippen molar-refractivity contribution in [2.24, 2.45) is 0 Å². The van der Waals surface area contributed by atoms with E-state index in [1.54, 1.807) is 12.1 Å². The Bertz CT molecular complexity index is 442. The predicted octanol–water partition coefficient (Wildman–Crippen LogP) is 2.99. The van der Waals surface area contributed by atoms with Crippen molar-refractivity contribution >= 4 is 33.5 Å². The fraction of sp³-hybridized carbons (Fsp3) is 0.462. The van der Waals surface area contributed by atoms with Crippen LogP contribution in [0.15, 0.2) is 28.7 Å². The van der Waals surface area contributed by atoms with Crippen molar-refractivity contribution in [2.45, 2.75) is 18.1 Å². The Hall–Kier alpha value is -0.620. The molecule has 0 bridgehead atoms. The maximum Gasteiger partial charge on any atom is 0.311 e. The molecule has 4 nitrogen and oxygen atoms in total. The number of benzene rings is 1. The SMILES string of the molecule is O=C(O)C(CC1(CCl)OCCO1)c1ccc(Br)cc1.